The number of nitrogens with one attached hydrogen (secondary N) is 2. The molecular weight excluding hydrogens is 434 g/mol. The van der Waals surface area contributed by atoms with Gasteiger partial charge in [0, 0.05) is 16.7 Å². The average Bonchev–Trinajstić information content (AvgIpc) is 3.18. The van der Waals surface area contributed by atoms with Crippen LogP contribution in [0.25, 0.3) is 0 Å². The second kappa shape index (κ2) is 10.1. The van der Waals surface area contributed by atoms with E-state index in [4.69, 9.17) is 14.2 Å². The van der Waals surface area contributed by atoms with Crippen LogP contribution in [0.1, 0.15) is 27.5 Å². The fraction of sp³-hybridized carbons (Fsp3) is 0.192. The van der Waals surface area contributed by atoms with Gasteiger partial charge in [0.15, 0.2) is 17.5 Å². The maximum Gasteiger partial charge on any atom is 0.304 e. The Bertz CT molecular complexity index is 1210. The Kier molecular flexibility index (Phi) is 6.77. The lowest BCUT2D eigenvalue weighted by Crippen LogP contribution is -2.42. The van der Waals surface area contributed by atoms with Crippen molar-refractivity contribution in [1.29, 1.82) is 0 Å². The normalized spacial score (nSPS) is 18.3. The van der Waals surface area contributed by atoms with Crippen molar-refractivity contribution in [2.24, 2.45) is 0 Å². The molecule has 0 aromatic heterocycles. The molecule has 2 amide bonds. The number of carbonyl (C=O) groups is 2. The zero-order chi connectivity index (χ0) is 24.1. The van der Waals surface area contributed by atoms with E-state index in [1.165, 1.54) is 0 Å². The molecule has 0 spiro atoms. The molecule has 1 fully saturated rings. The first kappa shape index (κ1) is 22.8. The predicted octanol–water partition coefficient (Wildman–Crippen LogP) is 2.73. The number of hydrogen-bond acceptors (Lipinski definition) is 5. The Morgan fingerprint density at radius 3 is 2.26 bits per heavy atom. The summed E-state index contributed by atoms with van der Waals surface area (Å²) in [6.45, 7) is 0. The van der Waals surface area contributed by atoms with Gasteiger partial charge in [-0.1, -0.05) is 30.3 Å². The van der Waals surface area contributed by atoms with Gasteiger partial charge >= 0.3 is 5.91 Å². The lowest BCUT2D eigenvalue weighted by molar-refractivity contribution is -0.596. The van der Waals surface area contributed by atoms with Crippen molar-refractivity contribution < 1.29 is 28.5 Å². The van der Waals surface area contributed by atoms with E-state index in [0.717, 1.165) is 11.1 Å². The summed E-state index contributed by atoms with van der Waals surface area (Å²) in [5, 5.41) is 2.89. The van der Waals surface area contributed by atoms with Crippen LogP contribution in [-0.4, -0.2) is 50.1 Å². The molecule has 1 aliphatic heterocycles. The molecule has 1 aliphatic rings. The van der Waals surface area contributed by atoms with Crippen LogP contribution in [0.5, 0.6) is 17.2 Å². The van der Waals surface area contributed by atoms with Crippen molar-refractivity contribution in [2.45, 2.75) is 12.1 Å². The summed E-state index contributed by atoms with van der Waals surface area (Å²) in [5.41, 5.74) is 4.97. The Hall–Kier alpha value is -4.33. The van der Waals surface area contributed by atoms with Gasteiger partial charge in [0.2, 0.25) is 12.3 Å². The highest BCUT2D eigenvalue weighted by molar-refractivity contribution is 5.98. The largest absolute Gasteiger partial charge is 0.497 e. The highest BCUT2D eigenvalue weighted by Crippen LogP contribution is 2.29. The Morgan fingerprint density at radius 2 is 1.62 bits per heavy atom. The molecular formula is C26H26N3O5+. The van der Waals surface area contributed by atoms with E-state index in [-0.39, 0.29) is 11.8 Å². The molecule has 1 saturated heterocycles. The molecule has 0 radical (unpaired) electrons. The molecule has 0 saturated carbocycles. The number of hydrazone groups is 1. The summed E-state index contributed by atoms with van der Waals surface area (Å²) in [4.78, 5) is 25.9. The molecule has 2 atom stereocenters. The average molecular weight is 461 g/mol. The summed E-state index contributed by atoms with van der Waals surface area (Å²) in [5.74, 6) is 1.16. The zero-order valence-electron chi connectivity index (χ0n) is 19.1. The first-order valence-corrected chi connectivity index (χ1v) is 10.7. The molecule has 34 heavy (non-hydrogen) atoms. The van der Waals surface area contributed by atoms with Gasteiger partial charge in [-0.2, -0.15) is 0 Å². The van der Waals surface area contributed by atoms with Gasteiger partial charge in [-0.25, -0.2) is 0 Å². The smallest absolute Gasteiger partial charge is 0.304 e. The minimum absolute atomic E-state index is 0.313. The van der Waals surface area contributed by atoms with Crippen LogP contribution >= 0.6 is 0 Å². The number of benzene rings is 3. The predicted molar refractivity (Wildman–Crippen MR) is 127 cm³/mol. The Labute approximate surface area is 197 Å². The van der Waals surface area contributed by atoms with Gasteiger partial charge < -0.3 is 19.5 Å². The zero-order valence-corrected chi connectivity index (χ0v) is 19.1. The lowest BCUT2D eigenvalue weighted by atomic mass is 10.00. The number of methoxy groups -OCH3 is 3. The van der Waals surface area contributed by atoms with E-state index in [2.05, 4.69) is 10.7 Å². The second-order valence-corrected chi connectivity index (χ2v) is 7.66. The van der Waals surface area contributed by atoms with E-state index in [9.17, 15) is 9.59 Å². The fourth-order valence-corrected chi connectivity index (χ4v) is 3.89. The van der Waals surface area contributed by atoms with Crippen molar-refractivity contribution in [3.05, 3.63) is 89.5 Å². The maximum absolute atomic E-state index is 13.0. The van der Waals surface area contributed by atoms with E-state index in [0.29, 0.717) is 22.8 Å². The van der Waals surface area contributed by atoms with Gasteiger partial charge in [-0.15, -0.1) is 10.1 Å². The summed E-state index contributed by atoms with van der Waals surface area (Å²) in [7, 11) is 4.70. The summed E-state index contributed by atoms with van der Waals surface area (Å²) < 4.78 is 17.6. The highest BCUT2D eigenvalue weighted by atomic mass is 16.5. The standard InChI is InChI=1S/C26H25N3O5/c1-32-20-12-10-19(11-13-20)25(30)27-23-24(18-7-5-4-6-8-18)29(28-26(23)31)16-17-9-14-21(33-2)22(15-17)34-3/h4-16,23-24H,1-3H3,(H-,27,28,30,31)/p+1/b29-16-/t23-,24-/m1/s1. The molecule has 0 unspecified atom stereocenters. The maximum atomic E-state index is 13.0. The van der Waals surface area contributed by atoms with Crippen LogP contribution in [0, 0.1) is 0 Å². The Balaban J connectivity index is 1.67. The van der Waals surface area contributed by atoms with Crippen molar-refractivity contribution in [3.8, 4) is 17.2 Å². The second-order valence-electron chi connectivity index (χ2n) is 7.66. The monoisotopic (exact) mass is 460 g/mol. The summed E-state index contributed by atoms with van der Waals surface area (Å²) in [6.07, 6.45) is 1.80. The summed E-state index contributed by atoms with van der Waals surface area (Å²) >= 11 is 0. The van der Waals surface area contributed by atoms with Gasteiger partial charge in [-0.05, 0) is 42.5 Å². The third-order valence-electron chi connectivity index (χ3n) is 5.61. The molecule has 4 rings (SSSR count). The van der Waals surface area contributed by atoms with E-state index in [1.54, 1.807) is 62.6 Å². The fourth-order valence-electron chi connectivity index (χ4n) is 3.89. The first-order chi connectivity index (χ1) is 16.5. The number of ether oxygens (including phenoxy) is 3. The molecule has 3 aromatic rings. The first-order valence-electron chi connectivity index (χ1n) is 10.7. The molecule has 174 valence electrons. The van der Waals surface area contributed by atoms with Crippen LogP contribution in [-0.2, 0) is 4.79 Å². The number of hydrazine groups is 1. The van der Waals surface area contributed by atoms with Crippen molar-refractivity contribution in [3.63, 3.8) is 0 Å². The van der Waals surface area contributed by atoms with Gasteiger partial charge in [0.25, 0.3) is 5.91 Å². The Morgan fingerprint density at radius 1 is 0.912 bits per heavy atom. The van der Waals surface area contributed by atoms with Crippen molar-refractivity contribution in [1.82, 2.24) is 10.7 Å². The SMILES string of the molecule is COc1ccc(C(=O)N[C@H]2C(=O)N/[N+](=C\c3ccc(OC)c(OC)c3)[C@@H]2c2ccccc2)cc1. The molecule has 0 bridgehead atoms. The molecule has 0 aliphatic carbocycles. The molecule has 8 heteroatoms. The van der Waals surface area contributed by atoms with Gasteiger partial charge in [-0.3, -0.25) is 9.59 Å². The minimum atomic E-state index is -0.812. The van der Waals surface area contributed by atoms with Crippen molar-refractivity contribution >= 4 is 18.0 Å². The third kappa shape index (κ3) is 4.71. The highest BCUT2D eigenvalue weighted by Gasteiger charge is 2.47. The van der Waals surface area contributed by atoms with Gasteiger partial charge in [0.1, 0.15) is 5.75 Å². The van der Waals surface area contributed by atoms with Gasteiger partial charge in [0.05, 0.1) is 21.3 Å². The lowest BCUT2D eigenvalue weighted by Gasteiger charge is -2.15. The van der Waals surface area contributed by atoms with Crippen LogP contribution in [0.4, 0.5) is 0 Å². The molecule has 2 N–H and O–H groups in total. The van der Waals surface area contributed by atoms with E-state index < -0.39 is 12.1 Å². The number of rotatable bonds is 7. The van der Waals surface area contributed by atoms with Crippen LogP contribution in [0.2, 0.25) is 0 Å². The summed E-state index contributed by atoms with van der Waals surface area (Å²) in [6, 6.07) is 20.5. The quantitative estimate of drug-likeness (QED) is 0.530. The third-order valence-corrected chi connectivity index (χ3v) is 5.61. The van der Waals surface area contributed by atoms with Crippen LogP contribution in [0.15, 0.2) is 72.8 Å². The number of amides is 2. The number of hydrogen-bond donors (Lipinski definition) is 2. The van der Waals surface area contributed by atoms with Crippen LogP contribution < -0.4 is 25.0 Å². The van der Waals surface area contributed by atoms with E-state index >= 15 is 0 Å². The molecule has 1 heterocycles. The minimum Gasteiger partial charge on any atom is -0.497 e. The van der Waals surface area contributed by atoms with Crippen LogP contribution in [0.3, 0.4) is 0 Å². The van der Waals surface area contributed by atoms with Crippen molar-refractivity contribution in [2.75, 3.05) is 21.3 Å². The number of nitrogens with zero attached hydrogens (tertiary/aromatic N) is 1. The molecule has 3 aromatic carbocycles. The topological polar surface area (TPSA) is 88.9 Å². The molecule has 8 nitrogen and oxygen atoms in total. The number of carbonyl (C=O) groups excluding carboxylic acids is 2. The van der Waals surface area contributed by atoms with E-state index in [1.807, 2.05) is 42.5 Å².